The summed E-state index contributed by atoms with van der Waals surface area (Å²) in [6, 6.07) is 10.3. The number of ether oxygens (including phenoxy) is 1. The van der Waals surface area contributed by atoms with Crippen molar-refractivity contribution in [3.05, 3.63) is 64.0 Å². The lowest BCUT2D eigenvalue weighted by Gasteiger charge is -2.09. The monoisotopic (exact) mass is 427 g/mol. The van der Waals surface area contributed by atoms with E-state index in [1.807, 2.05) is 39.8 Å². The molecule has 2 aromatic carbocycles. The van der Waals surface area contributed by atoms with Crippen LogP contribution in [-0.2, 0) is 6.42 Å². The summed E-state index contributed by atoms with van der Waals surface area (Å²) in [5.41, 5.74) is 2.79. The average Bonchev–Trinajstić information content (AvgIpc) is 3.12. The van der Waals surface area contributed by atoms with Gasteiger partial charge in [-0.25, -0.2) is 4.98 Å². The zero-order valence-corrected chi connectivity index (χ0v) is 18.4. The topological polar surface area (TPSA) is 72.6 Å². The summed E-state index contributed by atoms with van der Waals surface area (Å²) >= 11 is 5.92. The Morgan fingerprint density at radius 2 is 2.00 bits per heavy atom. The minimum Gasteiger partial charge on any atom is -0.507 e. The third kappa shape index (κ3) is 4.85. The van der Waals surface area contributed by atoms with E-state index in [1.165, 1.54) is 6.07 Å². The molecule has 0 aliphatic carbocycles. The first kappa shape index (κ1) is 21.9. The molecule has 30 heavy (non-hydrogen) atoms. The molecule has 0 unspecified atom stereocenters. The Kier molecular flexibility index (Phi) is 6.83. The molecule has 0 saturated heterocycles. The van der Waals surface area contributed by atoms with Gasteiger partial charge in [-0.1, -0.05) is 25.4 Å². The van der Waals surface area contributed by atoms with E-state index < -0.39 is 0 Å². The van der Waals surface area contributed by atoms with Gasteiger partial charge >= 0.3 is 0 Å². The van der Waals surface area contributed by atoms with Crippen LogP contribution in [-0.4, -0.2) is 22.5 Å². The number of aromatic hydroxyl groups is 1. The summed E-state index contributed by atoms with van der Waals surface area (Å²) in [6.07, 6.45) is 0.766. The van der Waals surface area contributed by atoms with Gasteiger partial charge in [0.2, 0.25) is 5.89 Å². The number of benzene rings is 2. The standard InChI is InChI=1S/C24H26ClNO4/c1-5-29-22-11-6-16(12-15(22)4)20(27)10-9-19-23(14(2)3)30-24(26-19)18-8-7-17(25)13-21(18)28/h6-8,11-14,28H,5,9-10H2,1-4H3. The van der Waals surface area contributed by atoms with Gasteiger partial charge < -0.3 is 14.3 Å². The van der Waals surface area contributed by atoms with Crippen molar-refractivity contribution in [2.24, 2.45) is 0 Å². The third-order valence-electron chi connectivity index (χ3n) is 4.83. The van der Waals surface area contributed by atoms with Crippen LogP contribution in [0.15, 0.2) is 40.8 Å². The number of phenolic OH excluding ortho intramolecular Hbond substituents is 1. The van der Waals surface area contributed by atoms with Gasteiger partial charge in [-0.2, -0.15) is 0 Å². The third-order valence-corrected chi connectivity index (χ3v) is 5.06. The highest BCUT2D eigenvalue weighted by molar-refractivity contribution is 6.30. The minimum atomic E-state index is 0.00606. The first-order valence-corrected chi connectivity index (χ1v) is 10.4. The molecule has 0 radical (unpaired) electrons. The summed E-state index contributed by atoms with van der Waals surface area (Å²) in [4.78, 5) is 17.3. The van der Waals surface area contributed by atoms with Crippen molar-refractivity contribution in [2.75, 3.05) is 6.61 Å². The number of carbonyl (C=O) groups excluding carboxylic acids is 1. The van der Waals surface area contributed by atoms with Gasteiger partial charge in [0.05, 0.1) is 17.9 Å². The fraction of sp³-hybridized carbons (Fsp3) is 0.333. The first-order chi connectivity index (χ1) is 14.3. The highest BCUT2D eigenvalue weighted by Crippen LogP contribution is 2.34. The highest BCUT2D eigenvalue weighted by Gasteiger charge is 2.20. The Bertz CT molecular complexity index is 1060. The number of oxazole rings is 1. The summed E-state index contributed by atoms with van der Waals surface area (Å²) in [5, 5.41) is 10.6. The van der Waals surface area contributed by atoms with Crippen molar-refractivity contribution < 1.29 is 19.1 Å². The molecule has 158 valence electrons. The summed E-state index contributed by atoms with van der Waals surface area (Å²) < 4.78 is 11.5. The maximum Gasteiger partial charge on any atom is 0.230 e. The molecule has 0 atom stereocenters. The number of aromatic nitrogens is 1. The highest BCUT2D eigenvalue weighted by atomic mass is 35.5. The largest absolute Gasteiger partial charge is 0.507 e. The number of rotatable bonds is 8. The second-order valence-corrected chi connectivity index (χ2v) is 7.92. The molecule has 0 fully saturated rings. The number of halogens is 1. The lowest BCUT2D eigenvalue weighted by Crippen LogP contribution is -2.04. The fourth-order valence-electron chi connectivity index (χ4n) is 3.31. The van der Waals surface area contributed by atoms with Crippen molar-refractivity contribution in [1.82, 2.24) is 4.98 Å². The number of nitrogens with zero attached hydrogens (tertiary/aromatic N) is 1. The summed E-state index contributed by atoms with van der Waals surface area (Å²) in [7, 11) is 0. The number of ketones is 1. The van der Waals surface area contributed by atoms with E-state index in [0.717, 1.165) is 22.8 Å². The minimum absolute atomic E-state index is 0.00606. The van der Waals surface area contributed by atoms with Crippen LogP contribution in [0.4, 0.5) is 0 Å². The van der Waals surface area contributed by atoms with Gasteiger partial charge in [-0.3, -0.25) is 4.79 Å². The van der Waals surface area contributed by atoms with Crippen molar-refractivity contribution in [3.8, 4) is 23.0 Å². The molecule has 6 heteroatoms. The van der Waals surface area contributed by atoms with Crippen LogP contribution in [0.2, 0.25) is 5.02 Å². The Morgan fingerprint density at radius 3 is 2.63 bits per heavy atom. The first-order valence-electron chi connectivity index (χ1n) is 10.0. The molecule has 0 aliphatic heterocycles. The van der Waals surface area contributed by atoms with Gasteiger partial charge in [-0.15, -0.1) is 0 Å². The second kappa shape index (κ2) is 9.35. The van der Waals surface area contributed by atoms with E-state index in [4.69, 9.17) is 20.8 Å². The molecule has 1 aromatic heterocycles. The van der Waals surface area contributed by atoms with E-state index in [1.54, 1.807) is 18.2 Å². The molecule has 3 aromatic rings. The van der Waals surface area contributed by atoms with Gasteiger partial charge in [0, 0.05) is 29.3 Å². The van der Waals surface area contributed by atoms with Crippen LogP contribution in [0.3, 0.4) is 0 Å². The second-order valence-electron chi connectivity index (χ2n) is 7.48. The Hall–Kier alpha value is -2.79. The number of aryl methyl sites for hydroxylation is 2. The van der Waals surface area contributed by atoms with Crippen LogP contribution >= 0.6 is 11.6 Å². The maximum atomic E-state index is 12.7. The Balaban J connectivity index is 1.80. The van der Waals surface area contributed by atoms with Crippen LogP contribution in [0.5, 0.6) is 11.5 Å². The molecule has 3 rings (SSSR count). The molecule has 1 heterocycles. The predicted octanol–water partition coefficient (Wildman–Crippen LogP) is 6.35. The van der Waals surface area contributed by atoms with E-state index in [2.05, 4.69) is 4.98 Å². The van der Waals surface area contributed by atoms with Gasteiger partial charge in [0.15, 0.2) is 5.78 Å². The van der Waals surface area contributed by atoms with Gasteiger partial charge in [0.25, 0.3) is 0 Å². The van der Waals surface area contributed by atoms with Crippen LogP contribution in [0.1, 0.15) is 60.5 Å². The normalized spacial score (nSPS) is 11.1. The van der Waals surface area contributed by atoms with Crippen LogP contribution < -0.4 is 4.74 Å². The quantitative estimate of drug-likeness (QED) is 0.424. The van der Waals surface area contributed by atoms with Crippen molar-refractivity contribution in [1.29, 1.82) is 0 Å². The molecule has 1 N–H and O–H groups in total. The smallest absolute Gasteiger partial charge is 0.230 e. The number of phenols is 1. The lowest BCUT2D eigenvalue weighted by molar-refractivity contribution is 0.0982. The fourth-order valence-corrected chi connectivity index (χ4v) is 3.48. The number of hydrogen-bond donors (Lipinski definition) is 1. The van der Waals surface area contributed by atoms with Crippen molar-refractivity contribution >= 4 is 17.4 Å². The van der Waals surface area contributed by atoms with Crippen molar-refractivity contribution in [2.45, 2.75) is 46.5 Å². The summed E-state index contributed by atoms with van der Waals surface area (Å²) in [6.45, 7) is 8.46. The number of carbonyl (C=O) groups is 1. The van der Waals surface area contributed by atoms with E-state index in [0.29, 0.717) is 41.5 Å². The zero-order chi connectivity index (χ0) is 21.8. The molecule has 0 amide bonds. The van der Waals surface area contributed by atoms with E-state index >= 15 is 0 Å². The SMILES string of the molecule is CCOc1ccc(C(=O)CCc2nc(-c3ccc(Cl)cc3O)oc2C(C)C)cc1C. The summed E-state index contributed by atoms with van der Waals surface area (Å²) in [5.74, 6) is 1.97. The van der Waals surface area contributed by atoms with Crippen LogP contribution in [0.25, 0.3) is 11.5 Å². The van der Waals surface area contributed by atoms with Gasteiger partial charge in [-0.05, 0) is 55.8 Å². The molecule has 5 nitrogen and oxygen atoms in total. The number of Topliss-reactive ketones (excluding diaryl/α,β-unsaturated/α-hetero) is 1. The van der Waals surface area contributed by atoms with E-state index in [-0.39, 0.29) is 17.5 Å². The Labute approximate surface area is 181 Å². The molecule has 0 aliphatic rings. The molecule has 0 saturated carbocycles. The van der Waals surface area contributed by atoms with Gasteiger partial charge in [0.1, 0.15) is 17.3 Å². The Morgan fingerprint density at radius 1 is 1.23 bits per heavy atom. The maximum absolute atomic E-state index is 12.7. The lowest BCUT2D eigenvalue weighted by atomic mass is 10.0. The predicted molar refractivity (Wildman–Crippen MR) is 118 cm³/mol. The van der Waals surface area contributed by atoms with Crippen molar-refractivity contribution in [3.63, 3.8) is 0 Å². The zero-order valence-electron chi connectivity index (χ0n) is 17.7. The molecule has 0 bridgehead atoms. The molecule has 0 spiro atoms. The van der Waals surface area contributed by atoms with Crippen LogP contribution in [0, 0.1) is 6.92 Å². The number of hydrogen-bond acceptors (Lipinski definition) is 5. The van der Waals surface area contributed by atoms with E-state index in [9.17, 15) is 9.90 Å². The molecular weight excluding hydrogens is 402 g/mol. The average molecular weight is 428 g/mol. The molecular formula is C24H26ClNO4.